The maximum Gasteiger partial charge on any atom is 0.259 e. The first-order chi connectivity index (χ1) is 10.4. The highest BCUT2D eigenvalue weighted by Gasteiger charge is 2.21. The van der Waals surface area contributed by atoms with Crippen LogP contribution in [-0.2, 0) is 0 Å². The van der Waals surface area contributed by atoms with Crippen LogP contribution in [0.25, 0.3) is 11.1 Å². The quantitative estimate of drug-likeness (QED) is 0.845. The summed E-state index contributed by atoms with van der Waals surface area (Å²) >= 11 is 0. The number of aromatic nitrogens is 2. The van der Waals surface area contributed by atoms with Crippen LogP contribution in [0.2, 0.25) is 0 Å². The van der Waals surface area contributed by atoms with E-state index in [0.29, 0.717) is 23.2 Å². The van der Waals surface area contributed by atoms with Crippen molar-refractivity contribution in [3.8, 4) is 0 Å². The molecule has 0 aliphatic rings. The average Bonchev–Trinajstić information content (AvgIpc) is 2.87. The Morgan fingerprint density at radius 3 is 2.65 bits per heavy atom. The lowest BCUT2D eigenvalue weighted by atomic mass is 10.0. The first kappa shape index (κ1) is 19.4. The highest BCUT2D eigenvalue weighted by atomic mass is 35.5. The minimum atomic E-state index is -0.120. The zero-order chi connectivity index (χ0) is 16.3. The molecule has 1 atom stereocenters. The molecule has 0 aliphatic heterocycles. The number of rotatable bonds is 6. The fourth-order valence-corrected chi connectivity index (χ4v) is 2.43. The van der Waals surface area contributed by atoms with Crippen molar-refractivity contribution in [2.75, 3.05) is 13.1 Å². The predicted octanol–water partition coefficient (Wildman–Crippen LogP) is 2.80. The first-order valence-electron chi connectivity index (χ1n) is 7.72. The number of hydrogen-bond acceptors (Lipinski definition) is 5. The van der Waals surface area contributed by atoms with Gasteiger partial charge in [-0.05, 0) is 32.4 Å². The van der Waals surface area contributed by atoms with Crippen LogP contribution in [0.4, 0.5) is 0 Å². The minimum Gasteiger partial charge on any atom is -0.350 e. The van der Waals surface area contributed by atoms with Crippen LogP contribution in [0.3, 0.4) is 0 Å². The lowest BCUT2D eigenvalue weighted by Gasteiger charge is -2.14. The van der Waals surface area contributed by atoms with Crippen LogP contribution in [0.1, 0.15) is 55.4 Å². The maximum atomic E-state index is 12.6. The third-order valence-electron chi connectivity index (χ3n) is 3.51. The highest BCUT2D eigenvalue weighted by Crippen LogP contribution is 2.27. The second kappa shape index (κ2) is 8.26. The number of pyridine rings is 1. The van der Waals surface area contributed by atoms with E-state index in [1.165, 1.54) is 0 Å². The molecule has 0 fully saturated rings. The summed E-state index contributed by atoms with van der Waals surface area (Å²) in [6, 6.07) is 2.01. The van der Waals surface area contributed by atoms with Gasteiger partial charge in [-0.25, -0.2) is 4.98 Å². The van der Waals surface area contributed by atoms with Crippen molar-refractivity contribution in [3.63, 3.8) is 0 Å². The molecule has 23 heavy (non-hydrogen) atoms. The summed E-state index contributed by atoms with van der Waals surface area (Å²) in [6.45, 7) is 11.4. The van der Waals surface area contributed by atoms with Crippen LogP contribution in [0, 0.1) is 6.92 Å². The van der Waals surface area contributed by atoms with Gasteiger partial charge in [0.25, 0.3) is 11.6 Å². The summed E-state index contributed by atoms with van der Waals surface area (Å²) in [7, 11) is 0. The van der Waals surface area contributed by atoms with Crippen molar-refractivity contribution in [1.82, 2.24) is 20.8 Å². The molecule has 0 spiro atoms. The zero-order valence-corrected chi connectivity index (χ0v) is 15.1. The van der Waals surface area contributed by atoms with Gasteiger partial charge in [0.05, 0.1) is 16.6 Å². The highest BCUT2D eigenvalue weighted by molar-refractivity contribution is 6.06. The third kappa shape index (κ3) is 4.42. The molecule has 0 radical (unpaired) electrons. The van der Waals surface area contributed by atoms with Crippen molar-refractivity contribution in [2.24, 2.45) is 0 Å². The number of carbonyl (C=O) groups is 1. The molecule has 2 N–H and O–H groups in total. The molecule has 0 aromatic carbocycles. The van der Waals surface area contributed by atoms with Crippen LogP contribution in [0.5, 0.6) is 0 Å². The summed E-state index contributed by atoms with van der Waals surface area (Å²) in [5, 5.41) is 11.0. The third-order valence-corrected chi connectivity index (χ3v) is 3.51. The molecular weight excluding hydrogens is 316 g/mol. The van der Waals surface area contributed by atoms with Crippen molar-refractivity contribution in [2.45, 2.75) is 46.6 Å². The molecule has 2 heterocycles. The van der Waals surface area contributed by atoms with E-state index < -0.39 is 0 Å². The van der Waals surface area contributed by atoms with Crippen molar-refractivity contribution in [1.29, 1.82) is 0 Å². The Morgan fingerprint density at radius 1 is 1.35 bits per heavy atom. The van der Waals surface area contributed by atoms with Gasteiger partial charge in [-0.2, -0.15) is 0 Å². The number of hydrogen-bond donors (Lipinski definition) is 2. The fraction of sp³-hybridized carbons (Fsp3) is 0.562. The molecule has 128 valence electrons. The molecule has 6 nitrogen and oxygen atoms in total. The zero-order valence-electron chi connectivity index (χ0n) is 14.3. The summed E-state index contributed by atoms with van der Waals surface area (Å²) in [4.78, 5) is 16.9. The second-order valence-electron chi connectivity index (χ2n) is 5.88. The Bertz CT molecular complexity index is 669. The number of carbonyl (C=O) groups excluding carboxylic acids is 1. The molecule has 2 aromatic heterocycles. The van der Waals surface area contributed by atoms with Gasteiger partial charge < -0.3 is 15.2 Å². The van der Waals surface area contributed by atoms with E-state index in [-0.39, 0.29) is 30.3 Å². The summed E-state index contributed by atoms with van der Waals surface area (Å²) < 4.78 is 5.29. The largest absolute Gasteiger partial charge is 0.350 e. The lowest BCUT2D eigenvalue weighted by molar-refractivity contribution is 0.0951. The molecular formula is C16H25ClN4O2. The van der Waals surface area contributed by atoms with Gasteiger partial charge in [0, 0.05) is 18.3 Å². The maximum absolute atomic E-state index is 12.6. The van der Waals surface area contributed by atoms with E-state index in [1.54, 1.807) is 6.07 Å². The van der Waals surface area contributed by atoms with Gasteiger partial charge in [0.1, 0.15) is 0 Å². The Balaban J connectivity index is 0.00000264. The Hall–Kier alpha value is -1.66. The van der Waals surface area contributed by atoms with E-state index in [0.717, 1.165) is 17.9 Å². The number of nitrogens with zero attached hydrogens (tertiary/aromatic N) is 2. The van der Waals surface area contributed by atoms with Crippen LogP contribution in [0.15, 0.2) is 10.6 Å². The Morgan fingerprint density at radius 2 is 2.04 bits per heavy atom. The first-order valence-corrected chi connectivity index (χ1v) is 7.72. The molecule has 2 rings (SSSR count). The molecule has 0 unspecified atom stereocenters. The van der Waals surface area contributed by atoms with E-state index in [1.807, 2.05) is 34.6 Å². The molecule has 1 amide bonds. The van der Waals surface area contributed by atoms with E-state index in [4.69, 9.17) is 4.52 Å². The Kier molecular flexibility index (Phi) is 6.97. The van der Waals surface area contributed by atoms with Gasteiger partial charge in [-0.3, -0.25) is 4.79 Å². The number of likely N-dealkylation sites (N-methyl/N-ethyl adjacent to an activating group) is 1. The molecule has 2 aromatic rings. The number of nitrogens with one attached hydrogen (secondary N) is 2. The van der Waals surface area contributed by atoms with Crippen LogP contribution < -0.4 is 10.6 Å². The topological polar surface area (TPSA) is 80.0 Å². The molecule has 0 bridgehead atoms. The van der Waals surface area contributed by atoms with E-state index in [9.17, 15) is 4.79 Å². The molecule has 0 saturated heterocycles. The summed E-state index contributed by atoms with van der Waals surface area (Å²) in [6.07, 6.45) is 0. The number of amides is 1. The molecule has 0 aliphatic carbocycles. The van der Waals surface area contributed by atoms with Gasteiger partial charge in [0.15, 0.2) is 0 Å². The average molecular weight is 341 g/mol. The smallest absolute Gasteiger partial charge is 0.259 e. The monoisotopic (exact) mass is 340 g/mol. The normalized spacial score (nSPS) is 12.3. The van der Waals surface area contributed by atoms with Gasteiger partial charge in [-0.1, -0.05) is 25.9 Å². The van der Waals surface area contributed by atoms with Gasteiger partial charge in [-0.15, -0.1) is 12.4 Å². The van der Waals surface area contributed by atoms with Crippen LogP contribution in [-0.4, -0.2) is 35.2 Å². The van der Waals surface area contributed by atoms with Crippen molar-refractivity contribution >= 4 is 29.4 Å². The number of aryl methyl sites for hydroxylation is 1. The summed E-state index contributed by atoms with van der Waals surface area (Å²) in [5.41, 5.74) is 2.51. The lowest BCUT2D eigenvalue weighted by Crippen LogP contribution is -2.38. The Labute approximate surface area is 142 Å². The van der Waals surface area contributed by atoms with E-state index in [2.05, 4.69) is 20.8 Å². The van der Waals surface area contributed by atoms with Gasteiger partial charge in [0.2, 0.25) is 0 Å². The predicted molar refractivity (Wildman–Crippen MR) is 93.3 cm³/mol. The number of fused-ring (bicyclic) bond motifs is 1. The van der Waals surface area contributed by atoms with Crippen molar-refractivity contribution < 1.29 is 9.32 Å². The van der Waals surface area contributed by atoms with Gasteiger partial charge >= 0.3 is 0 Å². The fourth-order valence-electron chi connectivity index (χ4n) is 2.43. The van der Waals surface area contributed by atoms with E-state index >= 15 is 0 Å². The second-order valence-corrected chi connectivity index (χ2v) is 5.88. The summed E-state index contributed by atoms with van der Waals surface area (Å²) in [5.74, 6) is 0.0448. The number of halogens is 1. The SMILES string of the molecule is CCN[C@H](C)CNC(=O)c1cc(C)nc2onc(C(C)C)c12.Cl. The van der Waals surface area contributed by atoms with Crippen LogP contribution >= 0.6 is 12.4 Å². The standard InChI is InChI=1S/C16H24N4O2.ClH/c1-6-17-11(5)8-18-15(21)12-7-10(4)19-16-13(12)14(9(2)3)20-22-16;/h7,9,11,17H,6,8H2,1-5H3,(H,18,21);1H/t11-;/m1./s1. The minimum absolute atomic E-state index is 0. The molecule has 7 heteroatoms. The molecule has 0 saturated carbocycles. The van der Waals surface area contributed by atoms with Crippen molar-refractivity contribution in [3.05, 3.63) is 23.0 Å².